The Labute approximate surface area is 157 Å². The Balaban J connectivity index is 1.34. The fourth-order valence-corrected chi connectivity index (χ4v) is 4.82. The third-order valence-corrected chi connectivity index (χ3v) is 6.53. The maximum Gasteiger partial charge on any atom is 0.227 e. The van der Waals surface area contributed by atoms with Crippen LogP contribution in [0.4, 0.5) is 11.4 Å². The lowest BCUT2D eigenvalue weighted by Gasteiger charge is -2.42. The Bertz CT molecular complexity index is 615. The van der Waals surface area contributed by atoms with Crippen molar-refractivity contribution in [3.63, 3.8) is 0 Å². The number of anilines is 2. The first-order valence-corrected chi connectivity index (χ1v) is 10.3. The van der Waals surface area contributed by atoms with Crippen LogP contribution in [0.1, 0.15) is 45.4 Å². The molecule has 1 aromatic carbocycles. The Morgan fingerprint density at radius 1 is 0.885 bits per heavy atom. The molecule has 3 fully saturated rings. The summed E-state index contributed by atoms with van der Waals surface area (Å²) in [7, 11) is 0. The van der Waals surface area contributed by atoms with Crippen molar-refractivity contribution in [2.45, 2.75) is 63.6 Å². The average Bonchev–Trinajstić information content (AvgIpc) is 3.01. The molecule has 0 bridgehead atoms. The van der Waals surface area contributed by atoms with Crippen molar-refractivity contribution < 1.29 is 4.79 Å². The highest BCUT2D eigenvalue weighted by Crippen LogP contribution is 2.30. The maximum absolute atomic E-state index is 12.1. The van der Waals surface area contributed by atoms with Gasteiger partial charge in [0.2, 0.25) is 5.91 Å². The van der Waals surface area contributed by atoms with Gasteiger partial charge in [-0.15, -0.1) is 0 Å². The van der Waals surface area contributed by atoms with E-state index in [0.717, 1.165) is 44.1 Å². The van der Waals surface area contributed by atoms with Gasteiger partial charge in [-0.3, -0.25) is 4.79 Å². The molecule has 3 aliphatic rings. The van der Waals surface area contributed by atoms with Crippen LogP contribution >= 0.6 is 0 Å². The first kappa shape index (κ1) is 17.8. The number of nitrogens with two attached hydrogens (primary N) is 1. The van der Waals surface area contributed by atoms with Crippen molar-refractivity contribution in [2.75, 3.05) is 36.0 Å². The number of carbonyl (C=O) groups is 1. The Morgan fingerprint density at radius 2 is 1.50 bits per heavy atom. The van der Waals surface area contributed by atoms with Crippen LogP contribution in [0.3, 0.4) is 0 Å². The lowest BCUT2D eigenvalue weighted by molar-refractivity contribution is -0.117. The Kier molecular flexibility index (Phi) is 5.18. The fraction of sp³-hybridized carbons (Fsp3) is 0.667. The molecule has 2 N–H and O–H groups in total. The normalized spacial score (nSPS) is 26.7. The lowest BCUT2D eigenvalue weighted by atomic mass is 9.98. The maximum atomic E-state index is 12.1. The second-order valence-corrected chi connectivity index (χ2v) is 8.26. The van der Waals surface area contributed by atoms with Crippen LogP contribution < -0.4 is 15.5 Å². The highest BCUT2D eigenvalue weighted by molar-refractivity contribution is 5.96. The fourth-order valence-electron chi connectivity index (χ4n) is 4.82. The zero-order valence-corrected chi connectivity index (χ0v) is 15.9. The molecule has 3 heterocycles. The molecule has 1 atom stereocenters. The van der Waals surface area contributed by atoms with E-state index in [1.165, 1.54) is 31.6 Å². The smallest absolute Gasteiger partial charge is 0.227 e. The van der Waals surface area contributed by atoms with Crippen molar-refractivity contribution in [2.24, 2.45) is 5.73 Å². The second kappa shape index (κ2) is 7.57. The van der Waals surface area contributed by atoms with Crippen LogP contribution in [0, 0.1) is 0 Å². The van der Waals surface area contributed by atoms with Gasteiger partial charge in [0.1, 0.15) is 0 Å². The average molecular weight is 357 g/mol. The van der Waals surface area contributed by atoms with Gasteiger partial charge >= 0.3 is 0 Å². The molecule has 5 heteroatoms. The number of rotatable bonds is 3. The van der Waals surface area contributed by atoms with Crippen LogP contribution in [0.5, 0.6) is 0 Å². The zero-order chi connectivity index (χ0) is 18.1. The molecule has 4 rings (SSSR count). The number of benzene rings is 1. The van der Waals surface area contributed by atoms with E-state index in [9.17, 15) is 4.79 Å². The molecule has 0 aromatic heterocycles. The van der Waals surface area contributed by atoms with Gasteiger partial charge in [0.05, 0.1) is 0 Å². The van der Waals surface area contributed by atoms with Gasteiger partial charge < -0.3 is 20.4 Å². The summed E-state index contributed by atoms with van der Waals surface area (Å²) in [4.78, 5) is 19.2. The largest absolute Gasteiger partial charge is 0.371 e. The third kappa shape index (κ3) is 3.60. The van der Waals surface area contributed by atoms with E-state index in [2.05, 4.69) is 41.0 Å². The molecule has 3 aliphatic heterocycles. The van der Waals surface area contributed by atoms with Crippen molar-refractivity contribution in [3.8, 4) is 0 Å². The molecular weight excluding hydrogens is 324 g/mol. The summed E-state index contributed by atoms with van der Waals surface area (Å²) < 4.78 is 0. The molecule has 0 spiro atoms. The molecular formula is C21H32N4O. The van der Waals surface area contributed by atoms with E-state index in [0.29, 0.717) is 18.5 Å². The topological polar surface area (TPSA) is 52.8 Å². The molecule has 3 saturated heterocycles. The highest BCUT2D eigenvalue weighted by atomic mass is 16.2. The Hall–Kier alpha value is -1.59. The first-order valence-electron chi connectivity index (χ1n) is 10.3. The van der Waals surface area contributed by atoms with Crippen molar-refractivity contribution in [3.05, 3.63) is 24.3 Å². The van der Waals surface area contributed by atoms with E-state index in [1.54, 1.807) is 0 Å². The number of carbonyl (C=O) groups excluding carboxylic acids is 1. The van der Waals surface area contributed by atoms with Gasteiger partial charge in [0, 0.05) is 49.0 Å². The summed E-state index contributed by atoms with van der Waals surface area (Å²) in [5, 5.41) is 0. The standard InChI is InChI=1S/C21H32N4O/c1-16-2-7-21(26)25(16)20-5-3-18(4-6-20)24-14-10-19(11-15-24)23-12-8-17(22)9-13-23/h3-6,16-17,19H,2,7-15,22H2,1H3. The summed E-state index contributed by atoms with van der Waals surface area (Å²) >= 11 is 0. The number of hydrogen-bond donors (Lipinski definition) is 1. The molecule has 142 valence electrons. The molecule has 0 saturated carbocycles. The summed E-state index contributed by atoms with van der Waals surface area (Å²) in [6.45, 7) is 6.71. The summed E-state index contributed by atoms with van der Waals surface area (Å²) in [5.74, 6) is 0.257. The molecule has 1 aromatic rings. The van der Waals surface area contributed by atoms with Gasteiger partial charge in [0.25, 0.3) is 0 Å². The second-order valence-electron chi connectivity index (χ2n) is 8.26. The Morgan fingerprint density at radius 3 is 2.08 bits per heavy atom. The van der Waals surface area contributed by atoms with Crippen LogP contribution in [-0.2, 0) is 4.79 Å². The molecule has 1 unspecified atom stereocenters. The number of likely N-dealkylation sites (tertiary alicyclic amines) is 1. The van der Waals surface area contributed by atoms with Crippen molar-refractivity contribution >= 4 is 17.3 Å². The highest BCUT2D eigenvalue weighted by Gasteiger charge is 2.29. The van der Waals surface area contributed by atoms with Gasteiger partial charge in [0.15, 0.2) is 0 Å². The van der Waals surface area contributed by atoms with Gasteiger partial charge in [-0.1, -0.05) is 0 Å². The van der Waals surface area contributed by atoms with E-state index >= 15 is 0 Å². The minimum atomic E-state index is 0.257. The van der Waals surface area contributed by atoms with E-state index in [1.807, 2.05) is 4.90 Å². The van der Waals surface area contributed by atoms with Crippen molar-refractivity contribution in [1.82, 2.24) is 4.90 Å². The summed E-state index contributed by atoms with van der Waals surface area (Å²) in [6.07, 6.45) is 6.41. The summed E-state index contributed by atoms with van der Waals surface area (Å²) in [5.41, 5.74) is 8.37. The third-order valence-electron chi connectivity index (χ3n) is 6.53. The van der Waals surface area contributed by atoms with Crippen molar-refractivity contribution in [1.29, 1.82) is 0 Å². The minimum Gasteiger partial charge on any atom is -0.371 e. The lowest BCUT2D eigenvalue weighted by Crippen LogP contribution is -2.49. The van der Waals surface area contributed by atoms with Crippen LogP contribution in [0.25, 0.3) is 0 Å². The van der Waals surface area contributed by atoms with Gasteiger partial charge in [-0.25, -0.2) is 0 Å². The number of hydrogen-bond acceptors (Lipinski definition) is 4. The van der Waals surface area contributed by atoms with E-state index in [-0.39, 0.29) is 5.91 Å². The van der Waals surface area contributed by atoms with Crippen LogP contribution in [0.2, 0.25) is 0 Å². The molecule has 0 aliphatic carbocycles. The minimum absolute atomic E-state index is 0.257. The summed E-state index contributed by atoms with van der Waals surface area (Å²) in [6, 6.07) is 10.1. The van der Waals surface area contributed by atoms with Gasteiger partial charge in [-0.05, 0) is 76.4 Å². The predicted molar refractivity (Wildman–Crippen MR) is 107 cm³/mol. The molecule has 26 heavy (non-hydrogen) atoms. The monoisotopic (exact) mass is 356 g/mol. The van der Waals surface area contributed by atoms with E-state index in [4.69, 9.17) is 5.73 Å². The molecule has 5 nitrogen and oxygen atoms in total. The first-order chi connectivity index (χ1) is 12.6. The van der Waals surface area contributed by atoms with Crippen LogP contribution in [-0.4, -0.2) is 55.1 Å². The number of nitrogens with zero attached hydrogens (tertiary/aromatic N) is 3. The van der Waals surface area contributed by atoms with E-state index < -0.39 is 0 Å². The SMILES string of the molecule is CC1CCC(=O)N1c1ccc(N2CCC(N3CCC(N)CC3)CC2)cc1. The van der Waals surface area contributed by atoms with Gasteiger partial charge in [-0.2, -0.15) is 0 Å². The quantitative estimate of drug-likeness (QED) is 0.904. The predicted octanol–water partition coefficient (Wildman–Crippen LogP) is 2.59. The number of amides is 1. The zero-order valence-electron chi connectivity index (χ0n) is 15.9. The van der Waals surface area contributed by atoms with Crippen LogP contribution in [0.15, 0.2) is 24.3 Å². The number of piperidine rings is 2. The molecule has 1 amide bonds. The molecule has 0 radical (unpaired) electrons.